The van der Waals surface area contributed by atoms with Crippen LogP contribution in [0.15, 0.2) is 60.7 Å². The van der Waals surface area contributed by atoms with E-state index in [1.165, 1.54) is 0 Å². The van der Waals surface area contributed by atoms with Crippen LogP contribution >= 0.6 is 11.6 Å². The zero-order valence-electron chi connectivity index (χ0n) is 18.6. The first-order chi connectivity index (χ1) is 15.8. The minimum Gasteiger partial charge on any atom is -0.491 e. The van der Waals surface area contributed by atoms with Gasteiger partial charge in [0.05, 0.1) is 12.3 Å². The van der Waals surface area contributed by atoms with Crippen LogP contribution in [0.3, 0.4) is 0 Å². The third-order valence-electron chi connectivity index (χ3n) is 5.22. The van der Waals surface area contributed by atoms with E-state index in [9.17, 15) is 9.59 Å². The maximum Gasteiger partial charge on any atom is 0.303 e. The van der Waals surface area contributed by atoms with Crippen molar-refractivity contribution in [2.24, 2.45) is 0 Å². The van der Waals surface area contributed by atoms with Gasteiger partial charge in [-0.25, -0.2) is 0 Å². The monoisotopic (exact) mass is 467 g/mol. The van der Waals surface area contributed by atoms with E-state index < -0.39 is 5.97 Å². The van der Waals surface area contributed by atoms with Gasteiger partial charge in [-0.3, -0.25) is 9.59 Å². The lowest BCUT2D eigenvalue weighted by Crippen LogP contribution is -2.15. The Kier molecular flexibility index (Phi) is 8.33. The zero-order chi connectivity index (χ0) is 23.8. The molecule has 0 aromatic heterocycles. The van der Waals surface area contributed by atoms with Crippen LogP contribution in [0.4, 0.5) is 5.69 Å². The molecule has 0 fully saturated rings. The van der Waals surface area contributed by atoms with Crippen molar-refractivity contribution < 1.29 is 24.2 Å². The first kappa shape index (κ1) is 24.1. The number of hydrogen-bond acceptors (Lipinski definition) is 4. The molecule has 0 unspecified atom stereocenters. The summed E-state index contributed by atoms with van der Waals surface area (Å²) in [6.07, 6.45) is 0.410. The van der Waals surface area contributed by atoms with Gasteiger partial charge in [0.25, 0.3) is 5.91 Å². The van der Waals surface area contributed by atoms with E-state index >= 15 is 0 Å². The van der Waals surface area contributed by atoms with Crippen LogP contribution in [0.1, 0.15) is 39.9 Å². The molecule has 0 aliphatic heterocycles. The molecule has 7 heteroatoms. The number of hydrogen-bond donors (Lipinski definition) is 2. The Labute approximate surface area is 198 Å². The van der Waals surface area contributed by atoms with Crippen LogP contribution in [-0.4, -0.2) is 23.6 Å². The fraction of sp³-hybridized carbons (Fsp3) is 0.231. The smallest absolute Gasteiger partial charge is 0.303 e. The molecule has 0 aliphatic rings. The summed E-state index contributed by atoms with van der Waals surface area (Å²) in [7, 11) is 0. The van der Waals surface area contributed by atoms with Gasteiger partial charge >= 0.3 is 5.97 Å². The number of para-hydroxylation sites is 2. The highest BCUT2D eigenvalue weighted by atomic mass is 35.5. The molecule has 0 heterocycles. The number of rotatable bonds is 10. The maximum absolute atomic E-state index is 13.0. The maximum atomic E-state index is 13.0. The van der Waals surface area contributed by atoms with E-state index in [1.807, 2.05) is 38.1 Å². The third-order valence-corrected chi connectivity index (χ3v) is 5.47. The molecule has 2 N–H and O–H groups in total. The molecule has 0 saturated carbocycles. The number of carbonyl (C=O) groups excluding carboxylic acids is 1. The first-order valence-electron chi connectivity index (χ1n) is 10.6. The van der Waals surface area contributed by atoms with E-state index in [0.29, 0.717) is 40.8 Å². The zero-order valence-corrected chi connectivity index (χ0v) is 19.3. The van der Waals surface area contributed by atoms with Gasteiger partial charge in [-0.05, 0) is 73.4 Å². The second kappa shape index (κ2) is 11.4. The fourth-order valence-corrected chi connectivity index (χ4v) is 3.36. The summed E-state index contributed by atoms with van der Waals surface area (Å²) in [5.41, 5.74) is 3.76. The molecule has 3 aromatic carbocycles. The second-order valence-corrected chi connectivity index (χ2v) is 8.01. The van der Waals surface area contributed by atoms with Crippen molar-refractivity contribution in [3.8, 4) is 11.5 Å². The molecule has 0 atom stereocenters. The third kappa shape index (κ3) is 6.73. The molecule has 0 aliphatic carbocycles. The number of anilines is 1. The van der Waals surface area contributed by atoms with Crippen LogP contribution in [0.25, 0.3) is 0 Å². The topological polar surface area (TPSA) is 84.9 Å². The summed E-state index contributed by atoms with van der Waals surface area (Å²) >= 11 is 5.92. The number of carboxylic acid groups (broad SMARTS) is 1. The fourth-order valence-electron chi connectivity index (χ4n) is 3.23. The summed E-state index contributed by atoms with van der Waals surface area (Å²) in [6.45, 7) is 4.45. The van der Waals surface area contributed by atoms with Gasteiger partial charge in [-0.1, -0.05) is 35.9 Å². The predicted molar refractivity (Wildman–Crippen MR) is 128 cm³/mol. The lowest BCUT2D eigenvalue weighted by atomic mass is 10.0. The quantitative estimate of drug-likeness (QED) is 0.355. The van der Waals surface area contributed by atoms with Crippen LogP contribution in [0.2, 0.25) is 5.02 Å². The molecule has 0 saturated heterocycles. The Hall–Kier alpha value is -3.51. The Morgan fingerprint density at radius 1 is 0.909 bits per heavy atom. The first-order valence-corrected chi connectivity index (χ1v) is 11.0. The van der Waals surface area contributed by atoms with E-state index in [2.05, 4.69) is 5.32 Å². The Morgan fingerprint density at radius 2 is 1.64 bits per heavy atom. The van der Waals surface area contributed by atoms with Gasteiger partial charge in [0.1, 0.15) is 18.1 Å². The number of amides is 1. The lowest BCUT2D eigenvalue weighted by Gasteiger charge is -2.16. The molecular formula is C26H26ClNO5. The molecule has 6 nitrogen and oxygen atoms in total. The molecule has 0 spiro atoms. The minimum atomic E-state index is -0.869. The highest BCUT2D eigenvalue weighted by Crippen LogP contribution is 2.28. The summed E-state index contributed by atoms with van der Waals surface area (Å²) in [5, 5.41) is 12.3. The number of aliphatic carboxylic acids is 1. The van der Waals surface area contributed by atoms with E-state index in [-0.39, 0.29) is 18.9 Å². The standard InChI is InChI=1S/C26H26ClNO5/c1-17-18(2)23(33-16-19-9-11-20(27)12-10-19)14-13-21(17)26(31)28-22-6-3-4-7-24(22)32-15-5-8-25(29)30/h3-4,6-7,9-14H,5,8,15-16H2,1-2H3,(H,28,31)(H,29,30). The number of ether oxygens (including phenoxy) is 2. The van der Waals surface area contributed by atoms with Gasteiger partial charge in [0.2, 0.25) is 0 Å². The van der Waals surface area contributed by atoms with Crippen LogP contribution in [-0.2, 0) is 11.4 Å². The molecule has 3 aromatic rings. The summed E-state index contributed by atoms with van der Waals surface area (Å²) < 4.78 is 11.6. The van der Waals surface area contributed by atoms with Gasteiger partial charge in [-0.15, -0.1) is 0 Å². The molecule has 3 rings (SSSR count). The normalized spacial score (nSPS) is 10.5. The number of nitrogens with one attached hydrogen (secondary N) is 1. The minimum absolute atomic E-state index is 0.0272. The average Bonchev–Trinajstić information content (AvgIpc) is 2.79. The van der Waals surface area contributed by atoms with E-state index in [0.717, 1.165) is 16.7 Å². The predicted octanol–water partition coefficient (Wildman–Crippen LogP) is 6.03. The van der Waals surface area contributed by atoms with Gasteiger partial charge in [0.15, 0.2) is 0 Å². The highest BCUT2D eigenvalue weighted by Gasteiger charge is 2.16. The second-order valence-electron chi connectivity index (χ2n) is 7.57. The molecule has 1 amide bonds. The highest BCUT2D eigenvalue weighted by molar-refractivity contribution is 6.30. The van der Waals surface area contributed by atoms with E-state index in [1.54, 1.807) is 36.4 Å². The number of halogens is 1. The molecule has 172 valence electrons. The largest absolute Gasteiger partial charge is 0.491 e. The van der Waals surface area contributed by atoms with Crippen molar-refractivity contribution >= 4 is 29.2 Å². The lowest BCUT2D eigenvalue weighted by molar-refractivity contribution is -0.137. The molecule has 0 bridgehead atoms. The number of carbonyl (C=O) groups is 2. The summed E-state index contributed by atoms with van der Waals surface area (Å²) in [4.78, 5) is 23.6. The van der Waals surface area contributed by atoms with Crippen LogP contribution < -0.4 is 14.8 Å². The summed E-state index contributed by atoms with van der Waals surface area (Å²) in [5.74, 6) is 0.0720. The molecular weight excluding hydrogens is 442 g/mol. The van der Waals surface area contributed by atoms with Crippen molar-refractivity contribution in [2.75, 3.05) is 11.9 Å². The van der Waals surface area contributed by atoms with Crippen molar-refractivity contribution in [1.82, 2.24) is 0 Å². The SMILES string of the molecule is Cc1c(OCc2ccc(Cl)cc2)ccc(C(=O)Nc2ccccc2OCCCC(=O)O)c1C. The molecule has 0 radical (unpaired) electrons. The van der Waals surface area contributed by atoms with Gasteiger partial charge in [-0.2, -0.15) is 0 Å². The summed E-state index contributed by atoms with van der Waals surface area (Å²) in [6, 6.07) is 18.1. The van der Waals surface area contributed by atoms with Gasteiger partial charge in [0, 0.05) is 17.0 Å². The van der Waals surface area contributed by atoms with Crippen molar-refractivity contribution in [1.29, 1.82) is 0 Å². The Morgan fingerprint density at radius 3 is 2.36 bits per heavy atom. The number of carboxylic acids is 1. The number of benzene rings is 3. The van der Waals surface area contributed by atoms with Crippen molar-refractivity contribution in [3.05, 3.63) is 87.9 Å². The van der Waals surface area contributed by atoms with Crippen LogP contribution in [0, 0.1) is 13.8 Å². The molecule has 33 heavy (non-hydrogen) atoms. The van der Waals surface area contributed by atoms with Crippen molar-refractivity contribution in [3.63, 3.8) is 0 Å². The van der Waals surface area contributed by atoms with Gasteiger partial charge < -0.3 is 19.9 Å². The van der Waals surface area contributed by atoms with Crippen LogP contribution in [0.5, 0.6) is 11.5 Å². The Bertz CT molecular complexity index is 1130. The van der Waals surface area contributed by atoms with E-state index in [4.69, 9.17) is 26.2 Å². The van der Waals surface area contributed by atoms with Crippen molar-refractivity contribution in [2.45, 2.75) is 33.3 Å². The Balaban J connectivity index is 1.67. The average molecular weight is 468 g/mol.